The van der Waals surface area contributed by atoms with E-state index in [0.29, 0.717) is 5.92 Å². The molecule has 5 nitrogen and oxygen atoms in total. The molecule has 0 unspecified atom stereocenters. The van der Waals surface area contributed by atoms with Crippen LogP contribution < -0.4 is 16.2 Å². The van der Waals surface area contributed by atoms with E-state index in [-0.39, 0.29) is 0 Å². The number of nitrogens with one attached hydrogen (secondary N) is 1. The molecule has 0 bridgehead atoms. The van der Waals surface area contributed by atoms with Crippen molar-refractivity contribution < 1.29 is 0 Å². The van der Waals surface area contributed by atoms with Crippen molar-refractivity contribution >= 4 is 23.0 Å². The summed E-state index contributed by atoms with van der Waals surface area (Å²) in [5, 5.41) is 2.18. The van der Waals surface area contributed by atoms with E-state index < -0.39 is 0 Å². The van der Waals surface area contributed by atoms with Gasteiger partial charge in [0.2, 0.25) is 0 Å². The quantitative estimate of drug-likeness (QED) is 0.674. The Labute approximate surface area is 128 Å². The van der Waals surface area contributed by atoms with Gasteiger partial charge >= 0.3 is 0 Å². The van der Waals surface area contributed by atoms with Gasteiger partial charge in [0.05, 0.1) is 0 Å². The molecular formula is C15H19N5S. The molecule has 0 atom stereocenters. The molecule has 1 saturated carbocycles. The average Bonchev–Trinajstić information content (AvgIpc) is 3.25. The SMILES string of the molecule is Cc1c(NN)nc(C2CC2)nc1N1CCc2sccc2C1. The fourth-order valence-electron chi connectivity index (χ4n) is 2.92. The van der Waals surface area contributed by atoms with Gasteiger partial charge < -0.3 is 10.3 Å². The van der Waals surface area contributed by atoms with Gasteiger partial charge in [0, 0.05) is 29.4 Å². The van der Waals surface area contributed by atoms with Gasteiger partial charge in [-0.1, -0.05) is 0 Å². The van der Waals surface area contributed by atoms with Crippen LogP contribution in [0.3, 0.4) is 0 Å². The van der Waals surface area contributed by atoms with E-state index in [0.717, 1.165) is 42.5 Å². The minimum absolute atomic E-state index is 0.526. The Hall–Kier alpha value is -1.66. The van der Waals surface area contributed by atoms with Crippen LogP contribution in [0.25, 0.3) is 0 Å². The molecule has 2 aromatic heterocycles. The lowest BCUT2D eigenvalue weighted by Gasteiger charge is -2.30. The standard InChI is InChI=1S/C15H19N5S/c1-9-13(19-16)17-14(10-2-3-10)18-15(9)20-6-4-12-11(8-20)5-7-21-12/h5,7,10H,2-4,6,8,16H2,1H3,(H,17,18,19). The van der Waals surface area contributed by atoms with Gasteiger partial charge in [0.25, 0.3) is 0 Å². The van der Waals surface area contributed by atoms with Crippen LogP contribution in [0.2, 0.25) is 0 Å². The van der Waals surface area contributed by atoms with Gasteiger partial charge in [0.15, 0.2) is 0 Å². The zero-order valence-corrected chi connectivity index (χ0v) is 12.9. The maximum absolute atomic E-state index is 5.64. The number of fused-ring (bicyclic) bond motifs is 1. The highest BCUT2D eigenvalue weighted by atomic mass is 32.1. The van der Waals surface area contributed by atoms with Gasteiger partial charge in [-0.15, -0.1) is 11.3 Å². The van der Waals surface area contributed by atoms with Crippen LogP contribution in [0, 0.1) is 6.92 Å². The Morgan fingerprint density at radius 2 is 2.24 bits per heavy atom. The molecule has 21 heavy (non-hydrogen) atoms. The second-order valence-electron chi connectivity index (χ2n) is 5.84. The lowest BCUT2D eigenvalue weighted by atomic mass is 10.1. The first kappa shape index (κ1) is 13.0. The highest BCUT2D eigenvalue weighted by Gasteiger charge is 2.29. The second-order valence-corrected chi connectivity index (χ2v) is 6.84. The number of hydrogen-bond donors (Lipinski definition) is 2. The average molecular weight is 301 g/mol. The molecule has 1 fully saturated rings. The van der Waals surface area contributed by atoms with Crippen LogP contribution in [0.1, 0.15) is 40.6 Å². The molecule has 1 aliphatic carbocycles. The number of rotatable bonds is 3. The third-order valence-electron chi connectivity index (χ3n) is 4.32. The number of nitrogen functional groups attached to an aromatic ring is 1. The number of hydrogen-bond acceptors (Lipinski definition) is 6. The Morgan fingerprint density at radius 1 is 1.38 bits per heavy atom. The van der Waals surface area contributed by atoms with Crippen LogP contribution in [-0.2, 0) is 13.0 Å². The molecule has 0 spiro atoms. The fourth-order valence-corrected chi connectivity index (χ4v) is 3.81. The first-order valence-corrected chi connectivity index (χ1v) is 8.29. The summed E-state index contributed by atoms with van der Waals surface area (Å²) < 4.78 is 0. The molecule has 3 N–H and O–H groups in total. The molecule has 1 aliphatic heterocycles. The molecule has 2 aliphatic rings. The topological polar surface area (TPSA) is 67.1 Å². The van der Waals surface area contributed by atoms with Crippen molar-refractivity contribution in [2.45, 2.75) is 38.6 Å². The summed E-state index contributed by atoms with van der Waals surface area (Å²) in [6.45, 7) is 3.99. The molecule has 0 amide bonds. The van der Waals surface area contributed by atoms with Crippen LogP contribution in [-0.4, -0.2) is 16.5 Å². The van der Waals surface area contributed by atoms with Gasteiger partial charge in [-0.3, -0.25) is 0 Å². The summed E-state index contributed by atoms with van der Waals surface area (Å²) in [4.78, 5) is 13.3. The van der Waals surface area contributed by atoms with E-state index >= 15 is 0 Å². The molecular weight excluding hydrogens is 282 g/mol. The van der Waals surface area contributed by atoms with Crippen molar-refractivity contribution in [2.24, 2.45) is 5.84 Å². The zero-order valence-electron chi connectivity index (χ0n) is 12.1. The number of nitrogens with zero attached hydrogens (tertiary/aromatic N) is 3. The number of thiophene rings is 1. The van der Waals surface area contributed by atoms with Crippen LogP contribution in [0.4, 0.5) is 11.6 Å². The number of nitrogens with two attached hydrogens (primary N) is 1. The third kappa shape index (κ3) is 2.28. The summed E-state index contributed by atoms with van der Waals surface area (Å²) in [7, 11) is 0. The molecule has 0 radical (unpaired) electrons. The van der Waals surface area contributed by atoms with Gasteiger partial charge in [-0.2, -0.15) is 0 Å². The molecule has 0 saturated heterocycles. The Morgan fingerprint density at radius 3 is 3.00 bits per heavy atom. The Balaban J connectivity index is 1.72. The lowest BCUT2D eigenvalue weighted by Crippen LogP contribution is -2.31. The maximum atomic E-state index is 5.64. The van der Waals surface area contributed by atoms with Crippen molar-refractivity contribution in [1.82, 2.24) is 9.97 Å². The fraction of sp³-hybridized carbons (Fsp3) is 0.467. The molecule has 6 heteroatoms. The number of aromatic nitrogens is 2. The second kappa shape index (κ2) is 4.96. The maximum Gasteiger partial charge on any atom is 0.148 e. The van der Waals surface area contributed by atoms with Gasteiger partial charge in [0.1, 0.15) is 17.5 Å². The van der Waals surface area contributed by atoms with Gasteiger partial charge in [-0.05, 0) is 43.2 Å². The predicted molar refractivity (Wildman–Crippen MR) is 85.6 cm³/mol. The lowest BCUT2D eigenvalue weighted by molar-refractivity contribution is 0.720. The summed E-state index contributed by atoms with van der Waals surface area (Å²) in [5.74, 6) is 8.91. The third-order valence-corrected chi connectivity index (χ3v) is 5.35. The molecule has 2 aromatic rings. The summed E-state index contributed by atoms with van der Waals surface area (Å²) in [6.07, 6.45) is 3.49. The monoisotopic (exact) mass is 301 g/mol. The minimum atomic E-state index is 0.526. The normalized spacial score (nSPS) is 17.7. The largest absolute Gasteiger partial charge is 0.351 e. The van der Waals surface area contributed by atoms with E-state index in [9.17, 15) is 0 Å². The van der Waals surface area contributed by atoms with Gasteiger partial charge in [-0.25, -0.2) is 15.8 Å². The predicted octanol–water partition coefficient (Wildman–Crippen LogP) is 2.57. The highest BCUT2D eigenvalue weighted by Crippen LogP contribution is 2.40. The van der Waals surface area contributed by atoms with Crippen LogP contribution in [0.15, 0.2) is 11.4 Å². The molecule has 0 aromatic carbocycles. The summed E-state index contributed by atoms with van der Waals surface area (Å²) >= 11 is 1.86. The van der Waals surface area contributed by atoms with Crippen molar-refractivity contribution in [2.75, 3.05) is 16.9 Å². The number of hydrazine groups is 1. The summed E-state index contributed by atoms with van der Waals surface area (Å²) in [6, 6.07) is 2.23. The van der Waals surface area contributed by atoms with Crippen molar-refractivity contribution in [3.8, 4) is 0 Å². The van der Waals surface area contributed by atoms with Crippen LogP contribution in [0.5, 0.6) is 0 Å². The minimum Gasteiger partial charge on any atom is -0.351 e. The van der Waals surface area contributed by atoms with Crippen molar-refractivity contribution in [3.05, 3.63) is 33.3 Å². The summed E-state index contributed by atoms with van der Waals surface area (Å²) in [5.41, 5.74) is 5.21. The van der Waals surface area contributed by atoms with E-state index in [1.807, 2.05) is 18.3 Å². The Kier molecular flexibility index (Phi) is 3.08. The van der Waals surface area contributed by atoms with Crippen LogP contribution >= 0.6 is 11.3 Å². The first-order chi connectivity index (χ1) is 10.3. The Bertz CT molecular complexity index is 677. The molecule has 4 rings (SSSR count). The van der Waals surface area contributed by atoms with E-state index in [1.54, 1.807) is 0 Å². The van der Waals surface area contributed by atoms with E-state index in [1.165, 1.54) is 23.3 Å². The molecule has 3 heterocycles. The number of anilines is 2. The van der Waals surface area contributed by atoms with Crippen molar-refractivity contribution in [3.63, 3.8) is 0 Å². The van der Waals surface area contributed by atoms with E-state index in [2.05, 4.69) is 26.8 Å². The van der Waals surface area contributed by atoms with Crippen molar-refractivity contribution in [1.29, 1.82) is 0 Å². The smallest absolute Gasteiger partial charge is 0.148 e. The first-order valence-electron chi connectivity index (χ1n) is 7.41. The highest BCUT2D eigenvalue weighted by molar-refractivity contribution is 7.10. The zero-order chi connectivity index (χ0) is 14.4. The molecule has 110 valence electrons. The van der Waals surface area contributed by atoms with E-state index in [4.69, 9.17) is 10.8 Å².